The van der Waals surface area contributed by atoms with E-state index >= 15 is 0 Å². The lowest BCUT2D eigenvalue weighted by Gasteiger charge is -2.20. The maximum atomic E-state index is 12.5. The zero-order valence-electron chi connectivity index (χ0n) is 15.8. The van der Waals surface area contributed by atoms with Crippen LogP contribution in [0.1, 0.15) is 59.0 Å². The van der Waals surface area contributed by atoms with Crippen molar-refractivity contribution in [3.8, 4) is 0 Å². The van der Waals surface area contributed by atoms with Gasteiger partial charge in [0.2, 0.25) is 0 Å². The highest BCUT2D eigenvalue weighted by atomic mass is 16.5. The fourth-order valence-electron chi connectivity index (χ4n) is 2.26. The van der Waals surface area contributed by atoms with Crippen LogP contribution in [0.3, 0.4) is 0 Å². The van der Waals surface area contributed by atoms with Gasteiger partial charge in [0.1, 0.15) is 11.4 Å². The zero-order chi connectivity index (χ0) is 20.0. The Morgan fingerprint density at radius 1 is 0.963 bits per heavy atom. The standard InChI is InChI=1S/C20H23N3O4/c1-5-27-19(26)13-9-6-7-10-14(13)22-17(24)15-11-8-12-16(21-15)18(25)23-20(2,3)4/h6-12H,5H2,1-4H3,(H,22,24)(H,23,25). The minimum Gasteiger partial charge on any atom is -0.462 e. The Morgan fingerprint density at radius 2 is 1.59 bits per heavy atom. The number of hydrogen-bond acceptors (Lipinski definition) is 5. The highest BCUT2D eigenvalue weighted by molar-refractivity contribution is 6.07. The minimum atomic E-state index is -0.530. The predicted molar refractivity (Wildman–Crippen MR) is 102 cm³/mol. The molecular weight excluding hydrogens is 346 g/mol. The summed E-state index contributed by atoms with van der Waals surface area (Å²) in [5, 5.41) is 5.44. The molecule has 142 valence electrons. The van der Waals surface area contributed by atoms with Gasteiger partial charge >= 0.3 is 5.97 Å². The highest BCUT2D eigenvalue weighted by Gasteiger charge is 2.19. The van der Waals surface area contributed by atoms with Gasteiger partial charge < -0.3 is 15.4 Å². The normalized spacial score (nSPS) is 10.8. The van der Waals surface area contributed by atoms with Crippen LogP contribution in [0.4, 0.5) is 5.69 Å². The molecule has 2 rings (SSSR count). The average Bonchev–Trinajstić information content (AvgIpc) is 2.61. The first-order chi connectivity index (χ1) is 12.7. The topological polar surface area (TPSA) is 97.4 Å². The molecule has 0 saturated heterocycles. The van der Waals surface area contributed by atoms with Crippen molar-refractivity contribution in [1.29, 1.82) is 0 Å². The van der Waals surface area contributed by atoms with Crippen LogP contribution < -0.4 is 10.6 Å². The molecule has 1 aromatic heterocycles. The Morgan fingerprint density at radius 3 is 2.22 bits per heavy atom. The second kappa shape index (κ2) is 8.44. The van der Waals surface area contributed by atoms with E-state index in [1.165, 1.54) is 12.1 Å². The molecule has 0 fully saturated rings. The van der Waals surface area contributed by atoms with E-state index in [0.717, 1.165) is 0 Å². The van der Waals surface area contributed by atoms with E-state index < -0.39 is 17.4 Å². The summed E-state index contributed by atoms with van der Waals surface area (Å²) < 4.78 is 4.99. The summed E-state index contributed by atoms with van der Waals surface area (Å²) in [7, 11) is 0. The van der Waals surface area contributed by atoms with E-state index in [4.69, 9.17) is 4.74 Å². The third kappa shape index (κ3) is 5.64. The van der Waals surface area contributed by atoms with Crippen LogP contribution in [0.15, 0.2) is 42.5 Å². The molecule has 1 aromatic carbocycles. The molecule has 2 amide bonds. The molecular formula is C20H23N3O4. The van der Waals surface area contributed by atoms with Gasteiger partial charge in [-0.3, -0.25) is 9.59 Å². The fourth-order valence-corrected chi connectivity index (χ4v) is 2.26. The Hall–Kier alpha value is -3.22. The minimum absolute atomic E-state index is 0.0650. The van der Waals surface area contributed by atoms with Crippen molar-refractivity contribution in [2.75, 3.05) is 11.9 Å². The number of nitrogens with one attached hydrogen (secondary N) is 2. The van der Waals surface area contributed by atoms with Gasteiger partial charge in [0.25, 0.3) is 11.8 Å². The fraction of sp³-hybridized carbons (Fsp3) is 0.300. The Kier molecular flexibility index (Phi) is 6.28. The summed E-state index contributed by atoms with van der Waals surface area (Å²) in [6.45, 7) is 7.50. The monoisotopic (exact) mass is 369 g/mol. The average molecular weight is 369 g/mol. The van der Waals surface area contributed by atoms with Gasteiger partial charge in [-0.05, 0) is 52.0 Å². The van der Waals surface area contributed by atoms with Crippen molar-refractivity contribution in [3.05, 3.63) is 59.4 Å². The molecule has 27 heavy (non-hydrogen) atoms. The van der Waals surface area contributed by atoms with Crippen molar-refractivity contribution in [3.63, 3.8) is 0 Å². The van der Waals surface area contributed by atoms with Crippen LogP contribution in [-0.4, -0.2) is 34.9 Å². The van der Waals surface area contributed by atoms with Crippen LogP contribution >= 0.6 is 0 Å². The maximum Gasteiger partial charge on any atom is 0.340 e. The van der Waals surface area contributed by atoms with Gasteiger partial charge in [-0.15, -0.1) is 0 Å². The lowest BCUT2D eigenvalue weighted by molar-refractivity contribution is 0.0527. The quantitative estimate of drug-likeness (QED) is 0.790. The van der Waals surface area contributed by atoms with Crippen molar-refractivity contribution in [1.82, 2.24) is 10.3 Å². The van der Waals surface area contributed by atoms with Crippen LogP contribution in [0.25, 0.3) is 0 Å². The number of para-hydroxylation sites is 1. The van der Waals surface area contributed by atoms with Crippen molar-refractivity contribution < 1.29 is 19.1 Å². The summed E-state index contributed by atoms with van der Waals surface area (Å²) in [4.78, 5) is 40.9. The number of pyridine rings is 1. The molecule has 0 saturated carbocycles. The Bertz CT molecular complexity index is 856. The first-order valence-corrected chi connectivity index (χ1v) is 8.58. The van der Waals surface area contributed by atoms with Gasteiger partial charge in [0.15, 0.2) is 0 Å². The summed E-state index contributed by atoms with van der Waals surface area (Å²) in [5.74, 6) is -1.43. The number of benzene rings is 1. The molecule has 7 heteroatoms. The van der Waals surface area contributed by atoms with Crippen molar-refractivity contribution in [2.45, 2.75) is 33.2 Å². The molecule has 0 aliphatic rings. The molecule has 7 nitrogen and oxygen atoms in total. The number of ether oxygens (including phenoxy) is 1. The second-order valence-corrected chi connectivity index (χ2v) is 6.83. The van der Waals surface area contributed by atoms with Crippen LogP contribution in [-0.2, 0) is 4.74 Å². The lowest BCUT2D eigenvalue weighted by atomic mass is 10.1. The maximum absolute atomic E-state index is 12.5. The number of nitrogens with zero attached hydrogens (tertiary/aromatic N) is 1. The van der Waals surface area contributed by atoms with Crippen molar-refractivity contribution >= 4 is 23.5 Å². The molecule has 0 radical (unpaired) electrons. The molecule has 2 aromatic rings. The van der Waals surface area contributed by atoms with Gasteiger partial charge in [-0.25, -0.2) is 9.78 Å². The van der Waals surface area contributed by atoms with Gasteiger partial charge in [0, 0.05) is 5.54 Å². The molecule has 0 spiro atoms. The number of carbonyl (C=O) groups is 3. The molecule has 0 atom stereocenters. The number of anilines is 1. The SMILES string of the molecule is CCOC(=O)c1ccccc1NC(=O)c1cccc(C(=O)NC(C)(C)C)n1. The summed E-state index contributed by atoms with van der Waals surface area (Å²) in [6, 6.07) is 11.1. The first kappa shape index (κ1) is 20.1. The van der Waals surface area contributed by atoms with E-state index in [-0.39, 0.29) is 29.5 Å². The van der Waals surface area contributed by atoms with Gasteiger partial charge in [-0.2, -0.15) is 0 Å². The van der Waals surface area contributed by atoms with E-state index in [0.29, 0.717) is 5.69 Å². The number of amides is 2. The number of hydrogen-bond donors (Lipinski definition) is 2. The second-order valence-electron chi connectivity index (χ2n) is 6.83. The van der Waals surface area contributed by atoms with Crippen molar-refractivity contribution in [2.24, 2.45) is 0 Å². The zero-order valence-corrected chi connectivity index (χ0v) is 15.8. The van der Waals surface area contributed by atoms with Crippen LogP contribution in [0.2, 0.25) is 0 Å². The molecule has 0 unspecified atom stereocenters. The Labute approximate surface area is 158 Å². The molecule has 0 bridgehead atoms. The molecule has 2 N–H and O–H groups in total. The van der Waals surface area contributed by atoms with E-state index in [9.17, 15) is 14.4 Å². The van der Waals surface area contributed by atoms with Crippen LogP contribution in [0.5, 0.6) is 0 Å². The van der Waals surface area contributed by atoms with Gasteiger partial charge in [-0.1, -0.05) is 18.2 Å². The highest BCUT2D eigenvalue weighted by Crippen LogP contribution is 2.17. The number of aromatic nitrogens is 1. The van der Waals surface area contributed by atoms with Gasteiger partial charge in [0.05, 0.1) is 17.9 Å². The lowest BCUT2D eigenvalue weighted by Crippen LogP contribution is -2.41. The number of carbonyl (C=O) groups excluding carboxylic acids is 3. The third-order valence-electron chi connectivity index (χ3n) is 3.37. The summed E-state index contributed by atoms with van der Waals surface area (Å²) in [6.07, 6.45) is 0. The summed E-state index contributed by atoms with van der Waals surface area (Å²) >= 11 is 0. The molecule has 1 heterocycles. The largest absolute Gasteiger partial charge is 0.462 e. The Balaban J connectivity index is 2.22. The van der Waals surface area contributed by atoms with E-state index in [2.05, 4.69) is 15.6 Å². The number of esters is 1. The predicted octanol–water partition coefficient (Wildman–Crippen LogP) is 3.04. The molecule has 0 aliphatic heterocycles. The molecule has 0 aliphatic carbocycles. The van der Waals surface area contributed by atoms with E-state index in [1.807, 2.05) is 20.8 Å². The summed E-state index contributed by atoms with van der Waals surface area (Å²) in [5.41, 5.74) is 0.336. The first-order valence-electron chi connectivity index (χ1n) is 8.58. The van der Waals surface area contributed by atoms with E-state index in [1.54, 1.807) is 37.3 Å². The smallest absolute Gasteiger partial charge is 0.340 e. The van der Waals surface area contributed by atoms with Crippen LogP contribution in [0, 0.1) is 0 Å². The third-order valence-corrected chi connectivity index (χ3v) is 3.37. The number of rotatable bonds is 5.